The van der Waals surface area contributed by atoms with Crippen LogP contribution in [-0.2, 0) is 0 Å². The molecule has 0 unspecified atom stereocenters. The Balaban J connectivity index is 4.79. The van der Waals surface area contributed by atoms with Crippen LogP contribution in [0.1, 0.15) is 20.3 Å². The van der Waals surface area contributed by atoms with E-state index in [-0.39, 0.29) is 0 Å². The fourth-order valence-corrected chi connectivity index (χ4v) is 1.34. The molecule has 4 N–H and O–H groups in total. The van der Waals surface area contributed by atoms with E-state index in [0.717, 1.165) is 17.7 Å². The van der Waals surface area contributed by atoms with Crippen LogP contribution in [-0.4, -0.2) is 23.9 Å². The quantitative estimate of drug-likeness (QED) is 0.543. The zero-order chi connectivity index (χ0) is 12.6. The molecule has 0 bridgehead atoms. The number of halogens is 1. The summed E-state index contributed by atoms with van der Waals surface area (Å²) in [5.74, 6) is 0. The summed E-state index contributed by atoms with van der Waals surface area (Å²) in [5, 5.41) is 21.2. The summed E-state index contributed by atoms with van der Waals surface area (Å²) in [6.45, 7) is 4.58. The third-order valence-electron chi connectivity index (χ3n) is 1.94. The zero-order valence-electron chi connectivity index (χ0n) is 9.95. The molecule has 0 aliphatic carbocycles. The maximum atomic E-state index is 7.65. The Hall–Kier alpha value is -1.10. The van der Waals surface area contributed by atoms with Gasteiger partial charge in [-0.3, -0.25) is 5.41 Å². The number of hydrogen-bond acceptors (Lipinski definition) is 4. The van der Waals surface area contributed by atoms with Crippen LogP contribution < -0.4 is 10.6 Å². The van der Waals surface area contributed by atoms with Gasteiger partial charge in [-0.05, 0) is 35.4 Å². The first-order chi connectivity index (χ1) is 7.52. The van der Waals surface area contributed by atoms with Crippen LogP contribution in [0.4, 0.5) is 0 Å². The second-order valence-electron chi connectivity index (χ2n) is 3.30. The van der Waals surface area contributed by atoms with Crippen molar-refractivity contribution in [2.75, 3.05) is 13.6 Å². The van der Waals surface area contributed by atoms with Gasteiger partial charge >= 0.3 is 0 Å². The number of hydrogen-bond donors (Lipinski definition) is 4. The Kier molecular flexibility index (Phi) is 7.54. The smallest absolute Gasteiger partial charge is 0.102 e. The molecule has 0 rings (SSSR count). The first-order valence-electron chi connectivity index (χ1n) is 5.11. The van der Waals surface area contributed by atoms with Crippen LogP contribution in [0.25, 0.3) is 0 Å². The maximum Gasteiger partial charge on any atom is 0.102 e. The average Bonchev–Trinajstić information content (AvgIpc) is 2.21. The van der Waals surface area contributed by atoms with Gasteiger partial charge in [0.15, 0.2) is 0 Å². The van der Waals surface area contributed by atoms with Crippen molar-refractivity contribution in [3.05, 3.63) is 23.5 Å². The molecule has 0 amide bonds. The van der Waals surface area contributed by atoms with E-state index in [9.17, 15) is 0 Å². The van der Waals surface area contributed by atoms with E-state index in [2.05, 4.69) is 26.6 Å². The topological polar surface area (TPSA) is 71.8 Å². The lowest BCUT2D eigenvalue weighted by molar-refractivity contribution is 0.907. The minimum absolute atomic E-state index is 0.338. The average molecular weight is 287 g/mol. The highest BCUT2D eigenvalue weighted by atomic mass is 79.9. The SMILES string of the molecule is CCN/C=C(/C/C(=C/NC)C(=N)Br)C(C)=N. The summed E-state index contributed by atoms with van der Waals surface area (Å²) in [7, 11) is 1.79. The van der Waals surface area contributed by atoms with Gasteiger partial charge in [-0.15, -0.1) is 0 Å². The summed E-state index contributed by atoms with van der Waals surface area (Å²) in [6, 6.07) is 0. The van der Waals surface area contributed by atoms with Crippen molar-refractivity contribution in [3.63, 3.8) is 0 Å². The van der Waals surface area contributed by atoms with E-state index in [1.165, 1.54) is 0 Å². The molecule has 0 saturated carbocycles. The second-order valence-corrected chi connectivity index (χ2v) is 4.09. The molecule has 0 aliphatic heterocycles. The van der Waals surface area contributed by atoms with Crippen LogP contribution in [0.2, 0.25) is 0 Å². The van der Waals surface area contributed by atoms with Crippen molar-refractivity contribution in [1.29, 1.82) is 10.8 Å². The van der Waals surface area contributed by atoms with Gasteiger partial charge in [-0.2, -0.15) is 0 Å². The highest BCUT2D eigenvalue weighted by Gasteiger charge is 2.07. The van der Waals surface area contributed by atoms with Gasteiger partial charge in [-0.1, -0.05) is 0 Å². The third-order valence-corrected chi connectivity index (χ3v) is 2.45. The molecule has 5 heteroatoms. The molecular weight excluding hydrogens is 268 g/mol. The summed E-state index contributed by atoms with van der Waals surface area (Å²) in [4.78, 5) is 0. The molecule has 16 heavy (non-hydrogen) atoms. The Morgan fingerprint density at radius 1 is 1.25 bits per heavy atom. The molecule has 0 aromatic carbocycles. The summed E-state index contributed by atoms with van der Waals surface area (Å²) in [6.07, 6.45) is 4.16. The van der Waals surface area contributed by atoms with E-state index >= 15 is 0 Å². The van der Waals surface area contributed by atoms with Crippen LogP contribution >= 0.6 is 15.9 Å². The Morgan fingerprint density at radius 3 is 2.25 bits per heavy atom. The molecule has 0 saturated heterocycles. The molecule has 0 aromatic heterocycles. The molecule has 0 spiro atoms. The minimum Gasteiger partial charge on any atom is -0.394 e. The standard InChI is InChI=1S/C11H19BrN4/c1-4-16-7-9(8(2)13)5-10(6-15-3)11(12)14/h6-7,13-16H,4-5H2,1-3H3/b9-7-,10-6-,13-8?,14-11?. The molecular formula is C11H19BrN4. The van der Waals surface area contributed by atoms with E-state index in [4.69, 9.17) is 10.8 Å². The van der Waals surface area contributed by atoms with E-state index in [1.54, 1.807) is 20.2 Å². The summed E-state index contributed by atoms with van der Waals surface area (Å²) in [5.41, 5.74) is 2.21. The molecule has 0 fully saturated rings. The molecule has 4 nitrogen and oxygen atoms in total. The fraction of sp³-hybridized carbons (Fsp3) is 0.455. The Morgan fingerprint density at radius 2 is 1.88 bits per heavy atom. The van der Waals surface area contributed by atoms with Gasteiger partial charge in [0.1, 0.15) is 4.62 Å². The predicted molar refractivity (Wildman–Crippen MR) is 73.6 cm³/mol. The van der Waals surface area contributed by atoms with Gasteiger partial charge in [0.25, 0.3) is 0 Å². The highest BCUT2D eigenvalue weighted by molar-refractivity contribution is 9.18. The third kappa shape index (κ3) is 5.70. The Labute approximate surface area is 105 Å². The molecule has 0 radical (unpaired) electrons. The predicted octanol–water partition coefficient (Wildman–Crippen LogP) is 2.39. The monoisotopic (exact) mass is 286 g/mol. The lowest BCUT2D eigenvalue weighted by atomic mass is 10.0. The largest absolute Gasteiger partial charge is 0.394 e. The molecule has 0 heterocycles. The van der Waals surface area contributed by atoms with Gasteiger partial charge < -0.3 is 16.0 Å². The lowest BCUT2D eigenvalue weighted by Crippen LogP contribution is -2.10. The van der Waals surface area contributed by atoms with Gasteiger partial charge in [0.05, 0.1) is 0 Å². The van der Waals surface area contributed by atoms with Gasteiger partial charge in [0.2, 0.25) is 0 Å². The normalized spacial score (nSPS) is 12.2. The van der Waals surface area contributed by atoms with Crippen molar-refractivity contribution in [2.45, 2.75) is 20.3 Å². The Bertz CT molecular complexity index is 318. The van der Waals surface area contributed by atoms with Crippen molar-refractivity contribution in [1.82, 2.24) is 10.6 Å². The van der Waals surface area contributed by atoms with E-state index in [0.29, 0.717) is 16.8 Å². The van der Waals surface area contributed by atoms with Crippen molar-refractivity contribution in [2.24, 2.45) is 0 Å². The van der Waals surface area contributed by atoms with Gasteiger partial charge in [-0.25, -0.2) is 0 Å². The van der Waals surface area contributed by atoms with E-state index in [1.807, 2.05) is 13.1 Å². The number of rotatable bonds is 7. The number of nitrogens with one attached hydrogen (secondary N) is 4. The van der Waals surface area contributed by atoms with Crippen molar-refractivity contribution < 1.29 is 0 Å². The number of allylic oxidation sites excluding steroid dienone is 2. The minimum atomic E-state index is 0.338. The first-order valence-corrected chi connectivity index (χ1v) is 5.90. The summed E-state index contributed by atoms with van der Waals surface area (Å²) < 4.78 is 0.338. The van der Waals surface area contributed by atoms with E-state index < -0.39 is 0 Å². The first kappa shape index (κ1) is 14.9. The molecule has 0 aliphatic rings. The zero-order valence-corrected chi connectivity index (χ0v) is 11.5. The summed E-state index contributed by atoms with van der Waals surface area (Å²) >= 11 is 3.14. The molecule has 0 aromatic rings. The maximum absolute atomic E-state index is 7.65. The van der Waals surface area contributed by atoms with Crippen LogP contribution in [0.15, 0.2) is 23.5 Å². The fourth-order valence-electron chi connectivity index (χ4n) is 1.09. The highest BCUT2D eigenvalue weighted by Crippen LogP contribution is 2.15. The van der Waals surface area contributed by atoms with Crippen LogP contribution in [0, 0.1) is 10.8 Å². The molecule has 0 atom stereocenters. The lowest BCUT2D eigenvalue weighted by Gasteiger charge is -2.09. The van der Waals surface area contributed by atoms with Crippen molar-refractivity contribution >= 4 is 26.3 Å². The second kappa shape index (κ2) is 8.10. The van der Waals surface area contributed by atoms with Crippen molar-refractivity contribution in [3.8, 4) is 0 Å². The molecule has 90 valence electrons. The van der Waals surface area contributed by atoms with Gasteiger partial charge in [0, 0.05) is 43.7 Å². The van der Waals surface area contributed by atoms with Crippen LogP contribution in [0.5, 0.6) is 0 Å². The van der Waals surface area contributed by atoms with Crippen LogP contribution in [0.3, 0.4) is 0 Å².